The zero-order chi connectivity index (χ0) is 20.3. The molecule has 0 saturated carbocycles. The smallest absolute Gasteiger partial charge is 0.126 e. The summed E-state index contributed by atoms with van der Waals surface area (Å²) in [6.45, 7) is 4.22. The molecular weight excluding hydrogens is 348 g/mol. The van der Waals surface area contributed by atoms with Crippen molar-refractivity contribution < 1.29 is 0 Å². The molecule has 0 fully saturated rings. The van der Waals surface area contributed by atoms with Crippen LogP contribution >= 0.6 is 0 Å². The molecule has 0 saturated heterocycles. The SMILES string of the molecule is CCCCCc1nc(C)nc2c(-c3c(NC)cc(NC)cc3NC)cn(C)c12. The third-order valence-corrected chi connectivity index (χ3v) is 5.25. The van der Waals surface area contributed by atoms with Gasteiger partial charge in [-0.3, -0.25) is 0 Å². The van der Waals surface area contributed by atoms with Crippen molar-refractivity contribution in [3.63, 3.8) is 0 Å². The van der Waals surface area contributed by atoms with E-state index in [1.54, 1.807) is 0 Å². The molecule has 0 amide bonds. The van der Waals surface area contributed by atoms with Gasteiger partial charge in [-0.1, -0.05) is 19.8 Å². The highest BCUT2D eigenvalue weighted by Crippen LogP contribution is 2.41. The molecule has 6 heteroatoms. The van der Waals surface area contributed by atoms with E-state index < -0.39 is 0 Å². The van der Waals surface area contributed by atoms with Crippen LogP contribution in [0.2, 0.25) is 0 Å². The molecule has 3 aromatic rings. The number of hydrogen-bond donors (Lipinski definition) is 3. The molecule has 0 atom stereocenters. The molecule has 3 rings (SSSR count). The Bertz CT molecular complexity index is 948. The quantitative estimate of drug-likeness (QED) is 0.490. The normalized spacial score (nSPS) is 11.1. The highest BCUT2D eigenvalue weighted by Gasteiger charge is 2.20. The van der Waals surface area contributed by atoms with Crippen molar-refractivity contribution in [1.29, 1.82) is 0 Å². The van der Waals surface area contributed by atoms with E-state index in [1.807, 2.05) is 28.1 Å². The lowest BCUT2D eigenvalue weighted by atomic mass is 10.0. The minimum Gasteiger partial charge on any atom is -0.388 e. The number of hydrogen-bond acceptors (Lipinski definition) is 5. The molecule has 6 nitrogen and oxygen atoms in total. The summed E-state index contributed by atoms with van der Waals surface area (Å²) in [5, 5.41) is 9.95. The van der Waals surface area contributed by atoms with Crippen molar-refractivity contribution in [2.75, 3.05) is 37.1 Å². The van der Waals surface area contributed by atoms with Crippen LogP contribution in [0.25, 0.3) is 22.2 Å². The Balaban J connectivity index is 2.25. The van der Waals surface area contributed by atoms with E-state index in [1.165, 1.54) is 12.8 Å². The first-order chi connectivity index (χ1) is 13.5. The van der Waals surface area contributed by atoms with Crippen molar-refractivity contribution >= 4 is 28.1 Å². The Morgan fingerprint density at radius 2 is 1.64 bits per heavy atom. The number of nitrogens with one attached hydrogen (secondary N) is 3. The van der Waals surface area contributed by atoms with Gasteiger partial charge >= 0.3 is 0 Å². The molecule has 0 bridgehead atoms. The minimum atomic E-state index is 0.829. The molecule has 2 aromatic heterocycles. The van der Waals surface area contributed by atoms with Crippen molar-refractivity contribution in [1.82, 2.24) is 14.5 Å². The summed E-state index contributed by atoms with van der Waals surface area (Å²) in [7, 11) is 7.94. The summed E-state index contributed by atoms with van der Waals surface area (Å²) in [4.78, 5) is 9.63. The van der Waals surface area contributed by atoms with E-state index in [9.17, 15) is 0 Å². The van der Waals surface area contributed by atoms with E-state index in [2.05, 4.69) is 52.8 Å². The lowest BCUT2D eigenvalue weighted by Crippen LogP contribution is -2.02. The van der Waals surface area contributed by atoms with Gasteiger partial charge in [0.05, 0.1) is 11.2 Å². The Kier molecular flexibility index (Phi) is 6.07. The largest absolute Gasteiger partial charge is 0.388 e. The maximum Gasteiger partial charge on any atom is 0.126 e. The van der Waals surface area contributed by atoms with Gasteiger partial charge in [-0.15, -0.1) is 0 Å². The fourth-order valence-corrected chi connectivity index (χ4v) is 3.87. The van der Waals surface area contributed by atoms with Crippen LogP contribution in [0.15, 0.2) is 18.3 Å². The van der Waals surface area contributed by atoms with Crippen LogP contribution in [0, 0.1) is 6.92 Å². The standard InChI is InChI=1S/C22H32N6/c1-7-8-9-10-17-22-21(27-14(2)26-17)16(13-28(22)6)20-18(24-4)11-15(23-3)12-19(20)25-5/h11-13,23-25H,7-10H2,1-6H3. The first-order valence-electron chi connectivity index (χ1n) is 10.1. The minimum absolute atomic E-state index is 0.829. The van der Waals surface area contributed by atoms with Gasteiger partial charge in [0.1, 0.15) is 11.3 Å². The third kappa shape index (κ3) is 3.63. The van der Waals surface area contributed by atoms with E-state index in [4.69, 9.17) is 9.97 Å². The number of aryl methyl sites for hydroxylation is 3. The first kappa shape index (κ1) is 20.0. The van der Waals surface area contributed by atoms with Gasteiger partial charge in [0.25, 0.3) is 0 Å². The average molecular weight is 381 g/mol. The molecule has 3 N–H and O–H groups in total. The number of unbranched alkanes of at least 4 members (excludes halogenated alkanes) is 2. The van der Waals surface area contributed by atoms with E-state index in [0.29, 0.717) is 0 Å². The van der Waals surface area contributed by atoms with Crippen molar-refractivity contribution in [2.45, 2.75) is 39.5 Å². The maximum absolute atomic E-state index is 4.85. The van der Waals surface area contributed by atoms with Gasteiger partial charge in [0.2, 0.25) is 0 Å². The molecule has 0 aliphatic carbocycles. The second-order valence-corrected chi connectivity index (χ2v) is 7.22. The Labute approximate surface area is 167 Å². The lowest BCUT2D eigenvalue weighted by Gasteiger charge is -2.16. The lowest BCUT2D eigenvalue weighted by molar-refractivity contribution is 0.705. The number of rotatable bonds is 8. The average Bonchev–Trinajstić information content (AvgIpc) is 3.02. The number of benzene rings is 1. The molecule has 28 heavy (non-hydrogen) atoms. The third-order valence-electron chi connectivity index (χ3n) is 5.25. The molecule has 0 radical (unpaired) electrons. The summed E-state index contributed by atoms with van der Waals surface area (Å²) < 4.78 is 2.18. The predicted octanol–water partition coefficient (Wildman–Crippen LogP) is 4.80. The van der Waals surface area contributed by atoms with Crippen molar-refractivity contribution in [3.8, 4) is 11.1 Å². The molecular formula is C22H32N6. The molecule has 1 aromatic carbocycles. The summed E-state index contributed by atoms with van der Waals surface area (Å²) in [5.41, 5.74) is 8.74. The summed E-state index contributed by atoms with van der Waals surface area (Å²) in [5.74, 6) is 0.829. The predicted molar refractivity (Wildman–Crippen MR) is 121 cm³/mol. The number of fused-ring (bicyclic) bond motifs is 1. The molecule has 0 aliphatic heterocycles. The van der Waals surface area contributed by atoms with Gasteiger partial charge in [0.15, 0.2) is 0 Å². The van der Waals surface area contributed by atoms with Crippen LogP contribution in [-0.2, 0) is 13.5 Å². The van der Waals surface area contributed by atoms with Crippen LogP contribution in [0.1, 0.15) is 37.7 Å². The van der Waals surface area contributed by atoms with Crippen molar-refractivity contribution in [2.24, 2.45) is 7.05 Å². The van der Waals surface area contributed by atoms with Gasteiger partial charge in [-0.25, -0.2) is 9.97 Å². The summed E-state index contributed by atoms with van der Waals surface area (Å²) in [6, 6.07) is 4.26. The zero-order valence-corrected chi connectivity index (χ0v) is 17.9. The summed E-state index contributed by atoms with van der Waals surface area (Å²) in [6.07, 6.45) is 6.75. The van der Waals surface area contributed by atoms with Crippen LogP contribution in [0.5, 0.6) is 0 Å². The van der Waals surface area contributed by atoms with Crippen LogP contribution in [0.4, 0.5) is 17.1 Å². The molecule has 2 heterocycles. The van der Waals surface area contributed by atoms with E-state index >= 15 is 0 Å². The highest BCUT2D eigenvalue weighted by molar-refractivity contribution is 6.02. The summed E-state index contributed by atoms with van der Waals surface area (Å²) >= 11 is 0. The van der Waals surface area contributed by atoms with Crippen LogP contribution in [0.3, 0.4) is 0 Å². The van der Waals surface area contributed by atoms with E-state index in [-0.39, 0.29) is 0 Å². The van der Waals surface area contributed by atoms with Gasteiger partial charge in [-0.05, 0) is 31.9 Å². The first-order valence-corrected chi connectivity index (χ1v) is 10.1. The van der Waals surface area contributed by atoms with E-state index in [0.717, 1.165) is 63.6 Å². The molecule has 0 unspecified atom stereocenters. The second-order valence-electron chi connectivity index (χ2n) is 7.22. The fraction of sp³-hybridized carbons (Fsp3) is 0.455. The second kappa shape index (κ2) is 8.50. The molecule has 150 valence electrons. The van der Waals surface area contributed by atoms with Crippen LogP contribution < -0.4 is 16.0 Å². The Hall–Kier alpha value is -2.76. The van der Waals surface area contributed by atoms with Gasteiger partial charge in [0, 0.05) is 62.6 Å². The topological polar surface area (TPSA) is 66.8 Å². The van der Waals surface area contributed by atoms with Crippen molar-refractivity contribution in [3.05, 3.63) is 29.8 Å². The van der Waals surface area contributed by atoms with Gasteiger partial charge in [-0.2, -0.15) is 0 Å². The molecule has 0 aliphatic rings. The Morgan fingerprint density at radius 3 is 2.21 bits per heavy atom. The highest BCUT2D eigenvalue weighted by atomic mass is 15.0. The zero-order valence-electron chi connectivity index (χ0n) is 17.9. The number of aromatic nitrogens is 3. The monoisotopic (exact) mass is 380 g/mol. The fourth-order valence-electron chi connectivity index (χ4n) is 3.87. The Morgan fingerprint density at radius 1 is 0.964 bits per heavy atom. The number of nitrogens with zero attached hydrogens (tertiary/aromatic N) is 3. The van der Waals surface area contributed by atoms with Crippen LogP contribution in [-0.4, -0.2) is 35.7 Å². The molecule has 0 spiro atoms. The maximum atomic E-state index is 4.85. The number of anilines is 3. The van der Waals surface area contributed by atoms with Gasteiger partial charge < -0.3 is 20.5 Å².